The molecule has 2 aromatic rings. The van der Waals surface area contributed by atoms with Crippen molar-refractivity contribution in [3.8, 4) is 0 Å². The van der Waals surface area contributed by atoms with E-state index >= 15 is 0 Å². The van der Waals surface area contributed by atoms with Gasteiger partial charge < -0.3 is 10.2 Å². The average Bonchev–Trinajstić information content (AvgIpc) is 2.63. The number of halogens is 3. The number of aryl methyl sites for hydroxylation is 1. The number of alkyl halides is 3. The van der Waals surface area contributed by atoms with E-state index in [2.05, 4.69) is 5.32 Å². The van der Waals surface area contributed by atoms with E-state index in [0.29, 0.717) is 18.7 Å². The highest BCUT2D eigenvalue weighted by Crippen LogP contribution is 2.29. The average molecular weight is 392 g/mol. The lowest BCUT2D eigenvalue weighted by Crippen LogP contribution is -2.39. The zero-order valence-corrected chi connectivity index (χ0v) is 15.8. The molecule has 0 saturated carbocycles. The SMILES string of the molecule is CCCN(CC(=O)Nc1ccccc1C)C(=O)Cc1cccc(C(F)(F)F)c1. The zero-order chi connectivity index (χ0) is 20.7. The summed E-state index contributed by atoms with van der Waals surface area (Å²) < 4.78 is 38.5. The van der Waals surface area contributed by atoms with Crippen LogP contribution in [0.2, 0.25) is 0 Å². The topological polar surface area (TPSA) is 49.4 Å². The maximum absolute atomic E-state index is 12.8. The van der Waals surface area contributed by atoms with Crippen LogP contribution in [0.25, 0.3) is 0 Å². The van der Waals surface area contributed by atoms with Gasteiger partial charge in [-0.15, -0.1) is 0 Å². The van der Waals surface area contributed by atoms with Gasteiger partial charge in [-0.3, -0.25) is 9.59 Å². The summed E-state index contributed by atoms with van der Waals surface area (Å²) in [5, 5.41) is 2.77. The van der Waals surface area contributed by atoms with Crippen molar-refractivity contribution < 1.29 is 22.8 Å². The number of benzene rings is 2. The van der Waals surface area contributed by atoms with Crippen molar-refractivity contribution in [3.05, 3.63) is 65.2 Å². The lowest BCUT2D eigenvalue weighted by molar-refractivity contribution is -0.138. The third-order valence-corrected chi connectivity index (χ3v) is 4.21. The molecular formula is C21H23F3N2O2. The number of nitrogens with one attached hydrogen (secondary N) is 1. The van der Waals surface area contributed by atoms with Gasteiger partial charge in [-0.1, -0.05) is 43.3 Å². The number of hydrogen-bond acceptors (Lipinski definition) is 2. The first-order chi connectivity index (χ1) is 13.2. The molecule has 0 heterocycles. The quantitative estimate of drug-likeness (QED) is 0.758. The van der Waals surface area contributed by atoms with Gasteiger partial charge in [0.2, 0.25) is 11.8 Å². The molecule has 0 aromatic heterocycles. The first-order valence-corrected chi connectivity index (χ1v) is 9.00. The third-order valence-electron chi connectivity index (χ3n) is 4.21. The number of carbonyl (C=O) groups excluding carboxylic acids is 2. The maximum atomic E-state index is 12.8. The fraction of sp³-hybridized carbons (Fsp3) is 0.333. The molecule has 2 aromatic carbocycles. The smallest absolute Gasteiger partial charge is 0.333 e. The van der Waals surface area contributed by atoms with Crippen LogP contribution in [0.3, 0.4) is 0 Å². The van der Waals surface area contributed by atoms with Gasteiger partial charge in [0.1, 0.15) is 0 Å². The molecular weight excluding hydrogens is 369 g/mol. The Hall–Kier alpha value is -2.83. The maximum Gasteiger partial charge on any atom is 0.416 e. The zero-order valence-electron chi connectivity index (χ0n) is 15.8. The van der Waals surface area contributed by atoms with Gasteiger partial charge in [0.25, 0.3) is 0 Å². The van der Waals surface area contributed by atoms with Gasteiger partial charge in [0.05, 0.1) is 18.5 Å². The molecule has 0 atom stereocenters. The molecule has 2 rings (SSSR count). The first kappa shape index (κ1) is 21.5. The van der Waals surface area contributed by atoms with Crippen molar-refractivity contribution in [2.45, 2.75) is 32.9 Å². The Morgan fingerprint density at radius 2 is 1.79 bits per heavy atom. The van der Waals surface area contributed by atoms with Crippen molar-refractivity contribution in [2.24, 2.45) is 0 Å². The molecule has 2 amide bonds. The highest BCUT2D eigenvalue weighted by Gasteiger charge is 2.30. The van der Waals surface area contributed by atoms with Crippen molar-refractivity contribution in [1.82, 2.24) is 4.90 Å². The second-order valence-electron chi connectivity index (χ2n) is 6.55. The molecule has 0 bridgehead atoms. The number of anilines is 1. The fourth-order valence-electron chi connectivity index (χ4n) is 2.78. The monoisotopic (exact) mass is 392 g/mol. The van der Waals surface area contributed by atoms with E-state index in [1.54, 1.807) is 12.1 Å². The van der Waals surface area contributed by atoms with Crippen LogP contribution in [0.15, 0.2) is 48.5 Å². The van der Waals surface area contributed by atoms with Crippen LogP contribution in [0, 0.1) is 6.92 Å². The molecule has 0 spiro atoms. The molecule has 0 unspecified atom stereocenters. The number of hydrogen-bond donors (Lipinski definition) is 1. The van der Waals surface area contributed by atoms with E-state index in [0.717, 1.165) is 17.7 Å². The van der Waals surface area contributed by atoms with Crippen LogP contribution < -0.4 is 5.32 Å². The Balaban J connectivity index is 2.05. The van der Waals surface area contributed by atoms with Gasteiger partial charge in [-0.25, -0.2) is 0 Å². The minimum absolute atomic E-state index is 0.153. The predicted molar refractivity (Wildman–Crippen MR) is 102 cm³/mol. The van der Waals surface area contributed by atoms with E-state index < -0.39 is 11.7 Å². The molecule has 4 nitrogen and oxygen atoms in total. The molecule has 150 valence electrons. The number of carbonyl (C=O) groups is 2. The summed E-state index contributed by atoms with van der Waals surface area (Å²) in [5.41, 5.74) is 1.03. The molecule has 0 radical (unpaired) electrons. The number of para-hydroxylation sites is 1. The largest absolute Gasteiger partial charge is 0.416 e. The van der Waals surface area contributed by atoms with Gasteiger partial charge in [-0.05, 0) is 36.6 Å². The Labute approximate surface area is 162 Å². The second-order valence-corrected chi connectivity index (χ2v) is 6.55. The molecule has 0 saturated heterocycles. The van der Waals surface area contributed by atoms with Crippen LogP contribution >= 0.6 is 0 Å². The normalized spacial score (nSPS) is 11.2. The summed E-state index contributed by atoms with van der Waals surface area (Å²) in [4.78, 5) is 26.3. The van der Waals surface area contributed by atoms with Crippen molar-refractivity contribution in [3.63, 3.8) is 0 Å². The Bertz CT molecular complexity index is 834. The summed E-state index contributed by atoms with van der Waals surface area (Å²) in [6.45, 7) is 3.92. The molecule has 0 aliphatic rings. The summed E-state index contributed by atoms with van der Waals surface area (Å²) in [5.74, 6) is -0.735. The van der Waals surface area contributed by atoms with E-state index in [4.69, 9.17) is 0 Å². The number of nitrogens with zero attached hydrogens (tertiary/aromatic N) is 1. The highest BCUT2D eigenvalue weighted by molar-refractivity contribution is 5.95. The van der Waals surface area contributed by atoms with E-state index in [1.165, 1.54) is 17.0 Å². The van der Waals surface area contributed by atoms with Gasteiger partial charge >= 0.3 is 6.18 Å². The molecule has 1 N–H and O–H groups in total. The van der Waals surface area contributed by atoms with Crippen molar-refractivity contribution >= 4 is 17.5 Å². The number of rotatable bonds is 7. The van der Waals surface area contributed by atoms with E-state index in [9.17, 15) is 22.8 Å². The molecule has 0 aliphatic carbocycles. The summed E-state index contributed by atoms with van der Waals surface area (Å²) in [6, 6.07) is 12.0. The molecule has 0 fully saturated rings. The minimum atomic E-state index is -4.46. The molecule has 28 heavy (non-hydrogen) atoms. The first-order valence-electron chi connectivity index (χ1n) is 9.00. The Morgan fingerprint density at radius 3 is 2.43 bits per heavy atom. The predicted octanol–water partition coefficient (Wildman–Crippen LogP) is 4.43. The lowest BCUT2D eigenvalue weighted by Gasteiger charge is -2.22. The Morgan fingerprint density at radius 1 is 1.07 bits per heavy atom. The second kappa shape index (κ2) is 9.39. The van der Waals surface area contributed by atoms with Crippen LogP contribution in [-0.4, -0.2) is 29.8 Å². The van der Waals surface area contributed by atoms with Gasteiger partial charge in [-0.2, -0.15) is 13.2 Å². The minimum Gasteiger partial charge on any atom is -0.333 e. The van der Waals surface area contributed by atoms with Crippen LogP contribution in [0.4, 0.5) is 18.9 Å². The third kappa shape index (κ3) is 6.11. The highest BCUT2D eigenvalue weighted by atomic mass is 19.4. The van der Waals surface area contributed by atoms with Crippen molar-refractivity contribution in [1.29, 1.82) is 0 Å². The van der Waals surface area contributed by atoms with Crippen LogP contribution in [0.1, 0.15) is 30.0 Å². The fourth-order valence-corrected chi connectivity index (χ4v) is 2.78. The van der Waals surface area contributed by atoms with Crippen molar-refractivity contribution in [2.75, 3.05) is 18.4 Å². The van der Waals surface area contributed by atoms with Crippen LogP contribution in [-0.2, 0) is 22.2 Å². The van der Waals surface area contributed by atoms with Gasteiger partial charge in [0, 0.05) is 12.2 Å². The molecule has 0 aliphatic heterocycles. The molecule has 7 heteroatoms. The lowest BCUT2D eigenvalue weighted by atomic mass is 10.1. The standard InChI is InChI=1S/C21H23F3N2O2/c1-3-11-26(14-19(27)25-18-10-5-4-7-15(18)2)20(28)13-16-8-6-9-17(12-16)21(22,23)24/h4-10,12H,3,11,13-14H2,1-2H3,(H,25,27). The van der Waals surface area contributed by atoms with Crippen LogP contribution in [0.5, 0.6) is 0 Å². The Kier molecular flexibility index (Phi) is 7.20. The summed E-state index contributed by atoms with van der Waals surface area (Å²) in [7, 11) is 0. The van der Waals surface area contributed by atoms with E-state index in [-0.39, 0.29) is 30.3 Å². The summed E-state index contributed by atoms with van der Waals surface area (Å²) >= 11 is 0. The van der Waals surface area contributed by atoms with E-state index in [1.807, 2.05) is 26.0 Å². The number of amides is 2. The summed E-state index contributed by atoms with van der Waals surface area (Å²) in [6.07, 6.45) is -4.02. The van der Waals surface area contributed by atoms with Gasteiger partial charge in [0.15, 0.2) is 0 Å².